The second-order valence-electron chi connectivity index (χ2n) is 21.3. The summed E-state index contributed by atoms with van der Waals surface area (Å²) in [4.78, 5) is 64.7. The van der Waals surface area contributed by atoms with Crippen LogP contribution < -0.4 is 0 Å². The molecule has 0 radical (unpaired) electrons. The number of carbonyl (C=O) groups is 4. The predicted molar refractivity (Wildman–Crippen MR) is 233 cm³/mol. The van der Waals surface area contributed by atoms with E-state index in [1.165, 1.54) is 32.8 Å². The number of carboxylic acid groups (broad SMARTS) is 2. The van der Waals surface area contributed by atoms with Crippen molar-refractivity contribution in [3.63, 3.8) is 0 Å². The van der Waals surface area contributed by atoms with Gasteiger partial charge in [0.25, 0.3) is 0 Å². The molecule has 0 aliphatic carbocycles. The molecule has 0 fully saturated rings. The maximum absolute atomic E-state index is 14.4. The van der Waals surface area contributed by atoms with E-state index in [0.717, 1.165) is 0 Å². The minimum atomic E-state index is -3.93. The molecule has 354 valence electrons. The third kappa shape index (κ3) is 18.1. The van der Waals surface area contributed by atoms with Gasteiger partial charge in [-0.15, -0.1) is 0 Å². The van der Waals surface area contributed by atoms with Crippen LogP contribution in [0, 0.1) is 21.7 Å². The van der Waals surface area contributed by atoms with E-state index in [0.29, 0.717) is 0 Å². The number of carbonyl (C=O) groups excluding carboxylic acids is 2. The molecule has 16 nitrogen and oxygen atoms in total. The molecular formula is C42H82N2O14P2. The molecule has 0 rings (SSSR count). The molecule has 0 saturated heterocycles. The van der Waals surface area contributed by atoms with E-state index in [2.05, 4.69) is 0 Å². The molecule has 0 heterocycles. The monoisotopic (exact) mass is 901 g/mol. The van der Waals surface area contributed by atoms with Crippen LogP contribution in [0.15, 0.2) is 0 Å². The summed E-state index contributed by atoms with van der Waals surface area (Å²) in [7, 11) is -6.81. The molecule has 4 atom stereocenters. The van der Waals surface area contributed by atoms with Crippen LogP contribution in [0.1, 0.15) is 150 Å². The molecule has 0 aliphatic heterocycles. The van der Waals surface area contributed by atoms with Crippen LogP contribution >= 0.6 is 14.7 Å². The minimum absolute atomic E-state index is 0.0800. The summed E-state index contributed by atoms with van der Waals surface area (Å²) in [6, 6.07) is 0. The summed E-state index contributed by atoms with van der Waals surface area (Å²) < 4.78 is 50.9. The first-order valence-electron chi connectivity index (χ1n) is 20.9. The molecule has 4 unspecified atom stereocenters. The van der Waals surface area contributed by atoms with E-state index in [1.54, 1.807) is 53.0 Å². The largest absolute Gasteiger partial charge is 0.481 e. The lowest BCUT2D eigenvalue weighted by Gasteiger charge is -2.48. The lowest BCUT2D eigenvalue weighted by molar-refractivity contribution is -0.271. The Labute approximate surface area is 361 Å². The van der Waals surface area contributed by atoms with Gasteiger partial charge in [-0.1, -0.05) is 41.5 Å². The van der Waals surface area contributed by atoms with E-state index in [1.807, 2.05) is 62.3 Å². The van der Waals surface area contributed by atoms with Crippen molar-refractivity contribution in [1.82, 2.24) is 10.1 Å². The molecule has 0 spiro atoms. The summed E-state index contributed by atoms with van der Waals surface area (Å²) in [5.74, 6) is -5.62. The molecule has 0 aromatic heterocycles. The standard InChI is InChI=1S/C42H82N2O14P2/c1-21-55-60(52,56-22-2)34(38(6,7)8)44(40(12,13)14)58-30(28-42(17,18)36(49)50)32(46)54-26-24-23-25-53-31(45)29(27-41(15,16)35(47)48)57-43(39(9,10)11)33(37(3,4)5)59(19,20)51/h29-30,33-34H,21-28H2,1-20H3,(H,47,48)(H,49,50). The molecule has 0 saturated carbocycles. The van der Waals surface area contributed by atoms with Crippen molar-refractivity contribution >= 4 is 38.6 Å². The highest BCUT2D eigenvalue weighted by Crippen LogP contribution is 2.61. The van der Waals surface area contributed by atoms with E-state index >= 15 is 0 Å². The molecular weight excluding hydrogens is 818 g/mol. The van der Waals surface area contributed by atoms with Gasteiger partial charge in [0.2, 0.25) is 0 Å². The Morgan fingerprint density at radius 3 is 1.08 bits per heavy atom. The van der Waals surface area contributed by atoms with Crippen LogP contribution in [0.4, 0.5) is 0 Å². The van der Waals surface area contributed by atoms with Gasteiger partial charge in [0, 0.05) is 23.9 Å². The van der Waals surface area contributed by atoms with Gasteiger partial charge in [0.15, 0.2) is 12.2 Å². The summed E-state index contributed by atoms with van der Waals surface area (Å²) in [6.45, 7) is 34.7. The van der Waals surface area contributed by atoms with E-state index in [4.69, 9.17) is 28.2 Å². The summed E-state index contributed by atoms with van der Waals surface area (Å²) in [5, 5.41) is 22.9. The van der Waals surface area contributed by atoms with Crippen molar-refractivity contribution < 1.29 is 66.7 Å². The molecule has 60 heavy (non-hydrogen) atoms. The Morgan fingerprint density at radius 2 is 0.850 bits per heavy atom. The fourth-order valence-electron chi connectivity index (χ4n) is 6.63. The number of ether oxygens (including phenoxy) is 2. The van der Waals surface area contributed by atoms with Gasteiger partial charge in [-0.2, -0.15) is 10.1 Å². The van der Waals surface area contributed by atoms with Crippen LogP contribution in [0.5, 0.6) is 0 Å². The van der Waals surface area contributed by atoms with Gasteiger partial charge in [0.05, 0.1) is 43.0 Å². The zero-order valence-corrected chi connectivity index (χ0v) is 42.3. The number of hydrogen-bond acceptors (Lipinski definition) is 14. The van der Waals surface area contributed by atoms with Crippen LogP contribution in [0.25, 0.3) is 0 Å². The number of esters is 2. The molecule has 18 heteroatoms. The minimum Gasteiger partial charge on any atom is -0.481 e. The first-order valence-corrected chi connectivity index (χ1v) is 25.1. The van der Waals surface area contributed by atoms with Crippen LogP contribution in [0.3, 0.4) is 0 Å². The van der Waals surface area contributed by atoms with E-state index < -0.39 is 95.1 Å². The van der Waals surface area contributed by atoms with Gasteiger partial charge < -0.3 is 33.3 Å². The average molecular weight is 901 g/mol. The lowest BCUT2D eigenvalue weighted by Crippen LogP contribution is -2.56. The normalized spacial score (nSPS) is 16.0. The van der Waals surface area contributed by atoms with Gasteiger partial charge >= 0.3 is 31.5 Å². The Hall–Kier alpha value is -1.90. The van der Waals surface area contributed by atoms with Crippen molar-refractivity contribution in [2.45, 2.75) is 185 Å². The topological polar surface area (TPSA) is 205 Å². The van der Waals surface area contributed by atoms with Crippen LogP contribution in [-0.2, 0) is 56.5 Å². The maximum atomic E-state index is 14.4. The lowest BCUT2D eigenvalue weighted by atomic mass is 9.87. The van der Waals surface area contributed by atoms with Crippen molar-refractivity contribution in [2.75, 3.05) is 39.8 Å². The van der Waals surface area contributed by atoms with Gasteiger partial charge in [-0.3, -0.25) is 23.8 Å². The first kappa shape index (κ1) is 58.1. The summed E-state index contributed by atoms with van der Waals surface area (Å²) in [6.07, 6.45) is -2.87. The Balaban J connectivity index is 6.40. The summed E-state index contributed by atoms with van der Waals surface area (Å²) in [5.41, 5.74) is -5.81. The molecule has 0 aromatic carbocycles. The number of nitrogens with zero attached hydrogens (tertiary/aromatic N) is 2. The van der Waals surface area contributed by atoms with Gasteiger partial charge in [0.1, 0.15) is 12.9 Å². The molecule has 0 aliphatic rings. The van der Waals surface area contributed by atoms with Gasteiger partial charge in [-0.25, -0.2) is 9.59 Å². The highest BCUT2D eigenvalue weighted by molar-refractivity contribution is 7.63. The number of hydroxylamine groups is 4. The Morgan fingerprint density at radius 1 is 0.550 bits per heavy atom. The number of carboxylic acids is 2. The first-order chi connectivity index (χ1) is 26.7. The Bertz CT molecular complexity index is 1510. The highest BCUT2D eigenvalue weighted by Gasteiger charge is 2.53. The molecule has 0 bridgehead atoms. The Kier molecular flexibility index (Phi) is 21.4. The quantitative estimate of drug-likeness (QED) is 0.0379. The van der Waals surface area contributed by atoms with Crippen LogP contribution in [-0.4, -0.2) is 119 Å². The zero-order valence-electron chi connectivity index (χ0n) is 40.5. The van der Waals surface area contributed by atoms with E-state index in [9.17, 15) is 38.5 Å². The van der Waals surface area contributed by atoms with E-state index in [-0.39, 0.29) is 52.1 Å². The zero-order chi connectivity index (χ0) is 47.7. The van der Waals surface area contributed by atoms with Crippen molar-refractivity contribution in [2.24, 2.45) is 21.7 Å². The van der Waals surface area contributed by atoms with Crippen LogP contribution in [0.2, 0.25) is 0 Å². The predicted octanol–water partition coefficient (Wildman–Crippen LogP) is 9.29. The fraction of sp³-hybridized carbons (Fsp3) is 0.905. The average Bonchev–Trinajstić information content (AvgIpc) is 3.01. The maximum Gasteiger partial charge on any atom is 0.350 e. The smallest absolute Gasteiger partial charge is 0.350 e. The molecule has 2 N–H and O–H groups in total. The van der Waals surface area contributed by atoms with Gasteiger partial charge in [-0.05, 0) is 120 Å². The number of hydrogen-bond donors (Lipinski definition) is 2. The second kappa shape index (κ2) is 22.1. The molecule has 0 amide bonds. The third-order valence-corrected chi connectivity index (χ3v) is 14.4. The number of unbranched alkanes of at least 4 members (excludes halogenated alkanes) is 1. The van der Waals surface area contributed by atoms with Crippen molar-refractivity contribution in [1.29, 1.82) is 0 Å². The second-order valence-corrected chi connectivity index (χ2v) is 26.7. The van der Waals surface area contributed by atoms with Crippen molar-refractivity contribution in [3.8, 4) is 0 Å². The highest BCUT2D eigenvalue weighted by atomic mass is 31.2. The van der Waals surface area contributed by atoms with Crippen molar-refractivity contribution in [3.05, 3.63) is 0 Å². The summed E-state index contributed by atoms with van der Waals surface area (Å²) >= 11 is 0. The fourth-order valence-corrected chi connectivity index (χ4v) is 12.1. The molecule has 0 aromatic rings. The SMILES string of the molecule is CCOP(=O)(OCC)C(N(OC(CC(C)(C)C(=O)O)C(=O)OCCCCOC(=O)C(CC(C)(C)C(=O)O)ON(C(C(C)(C)C)P(C)(C)=O)C(C)(C)C)C(C)(C)C)C(C)(C)C. The number of rotatable bonds is 25. The number of aliphatic carboxylic acids is 2. The third-order valence-electron chi connectivity index (χ3n) is 9.41.